The van der Waals surface area contributed by atoms with Crippen molar-refractivity contribution in [3.05, 3.63) is 29.1 Å². The summed E-state index contributed by atoms with van der Waals surface area (Å²) >= 11 is 0. The van der Waals surface area contributed by atoms with Crippen LogP contribution in [-0.2, 0) is 6.18 Å². The van der Waals surface area contributed by atoms with Gasteiger partial charge in [-0.05, 0) is 12.1 Å². The molecule has 19 heavy (non-hydrogen) atoms. The molecule has 0 amide bonds. The van der Waals surface area contributed by atoms with Crippen molar-refractivity contribution < 1.29 is 22.3 Å². The van der Waals surface area contributed by atoms with Crippen LogP contribution in [0, 0.1) is 5.82 Å². The normalized spacial score (nSPS) is 11.6. The number of rotatable bonds is 3. The molecule has 0 saturated carbocycles. The van der Waals surface area contributed by atoms with Gasteiger partial charge in [-0.25, -0.2) is 4.39 Å². The van der Waals surface area contributed by atoms with Gasteiger partial charge in [0.1, 0.15) is 11.6 Å². The zero-order valence-electron chi connectivity index (χ0n) is 9.70. The van der Waals surface area contributed by atoms with Gasteiger partial charge in [0.15, 0.2) is 0 Å². The van der Waals surface area contributed by atoms with Crippen LogP contribution in [0.3, 0.4) is 0 Å². The van der Waals surface area contributed by atoms with Crippen LogP contribution >= 0.6 is 0 Å². The van der Waals surface area contributed by atoms with Crippen molar-refractivity contribution in [3.63, 3.8) is 0 Å². The van der Waals surface area contributed by atoms with Crippen molar-refractivity contribution in [1.82, 2.24) is 0 Å². The molecule has 0 aliphatic carbocycles. The van der Waals surface area contributed by atoms with Gasteiger partial charge in [-0.2, -0.15) is 18.3 Å². The first-order chi connectivity index (χ1) is 8.75. The Morgan fingerprint density at radius 1 is 1.32 bits per heavy atom. The lowest BCUT2D eigenvalue weighted by molar-refractivity contribution is -0.140. The molecular formula is C10H10F4N4O. The van der Waals surface area contributed by atoms with E-state index in [-0.39, 0.29) is 5.75 Å². The minimum absolute atomic E-state index is 0.167. The molecule has 5 nitrogen and oxygen atoms in total. The molecule has 0 atom stereocenters. The second-order valence-electron chi connectivity index (χ2n) is 3.35. The van der Waals surface area contributed by atoms with Crippen LogP contribution in [0.1, 0.15) is 11.1 Å². The molecule has 1 rings (SSSR count). The fraction of sp³-hybridized carbons (Fsp3) is 0.200. The number of alkyl halides is 3. The number of hydrogen-bond acceptors (Lipinski definition) is 3. The number of ether oxygens (including phenoxy) is 1. The maximum atomic E-state index is 13.6. The Balaban J connectivity index is 3.32. The van der Waals surface area contributed by atoms with Gasteiger partial charge >= 0.3 is 6.18 Å². The van der Waals surface area contributed by atoms with E-state index in [1.807, 2.05) is 0 Å². The zero-order chi connectivity index (χ0) is 14.6. The number of guanidine groups is 1. The summed E-state index contributed by atoms with van der Waals surface area (Å²) in [5.41, 5.74) is 8.02. The van der Waals surface area contributed by atoms with Crippen molar-refractivity contribution in [1.29, 1.82) is 0 Å². The van der Waals surface area contributed by atoms with Crippen LogP contribution in [0.25, 0.3) is 0 Å². The molecule has 0 aliphatic heterocycles. The average Bonchev–Trinajstić information content (AvgIpc) is 2.29. The Hall–Kier alpha value is -2.32. The third-order valence-electron chi connectivity index (χ3n) is 1.99. The Morgan fingerprint density at radius 3 is 2.42 bits per heavy atom. The molecule has 0 fully saturated rings. The number of halogens is 4. The van der Waals surface area contributed by atoms with Crippen LogP contribution < -0.4 is 16.2 Å². The first-order valence-corrected chi connectivity index (χ1v) is 4.82. The van der Waals surface area contributed by atoms with E-state index >= 15 is 0 Å². The molecule has 0 bridgehead atoms. The molecule has 1 aromatic rings. The molecule has 104 valence electrons. The van der Waals surface area contributed by atoms with Crippen molar-refractivity contribution >= 4 is 12.2 Å². The minimum atomic E-state index is -4.85. The molecular weight excluding hydrogens is 268 g/mol. The average molecular weight is 278 g/mol. The predicted molar refractivity (Wildman–Crippen MR) is 61.4 cm³/mol. The molecule has 0 aliphatic rings. The summed E-state index contributed by atoms with van der Waals surface area (Å²) in [6.45, 7) is 0. The number of benzene rings is 1. The lowest BCUT2D eigenvalue weighted by Gasteiger charge is -2.11. The minimum Gasteiger partial charge on any atom is -0.497 e. The number of hydrogen-bond donors (Lipinski definition) is 2. The first kappa shape index (κ1) is 14.7. The largest absolute Gasteiger partial charge is 0.497 e. The smallest absolute Gasteiger partial charge is 0.419 e. The van der Waals surface area contributed by atoms with Crippen LogP contribution in [-0.4, -0.2) is 19.3 Å². The summed E-state index contributed by atoms with van der Waals surface area (Å²) in [5, 5.41) is 6.41. The highest BCUT2D eigenvalue weighted by Crippen LogP contribution is 2.34. The molecule has 4 N–H and O–H groups in total. The highest BCUT2D eigenvalue weighted by Gasteiger charge is 2.35. The van der Waals surface area contributed by atoms with E-state index in [2.05, 4.69) is 14.9 Å². The lowest BCUT2D eigenvalue weighted by atomic mass is 10.1. The zero-order valence-corrected chi connectivity index (χ0v) is 9.70. The fourth-order valence-electron chi connectivity index (χ4n) is 1.20. The van der Waals surface area contributed by atoms with Gasteiger partial charge in [0.2, 0.25) is 5.96 Å². The monoisotopic (exact) mass is 278 g/mol. The fourth-order valence-corrected chi connectivity index (χ4v) is 1.20. The third kappa shape index (κ3) is 3.83. The van der Waals surface area contributed by atoms with Gasteiger partial charge in [0, 0.05) is 5.56 Å². The van der Waals surface area contributed by atoms with Crippen LogP contribution in [0.5, 0.6) is 5.75 Å². The predicted octanol–water partition coefficient (Wildman–Crippen LogP) is 1.46. The molecule has 0 saturated heterocycles. The molecule has 0 aromatic heterocycles. The SMILES string of the molecule is COc1cc(C=NN=C(N)N)c(F)c(C(F)(F)F)c1. The summed E-state index contributed by atoms with van der Waals surface area (Å²) < 4.78 is 56.1. The number of nitrogens with zero attached hydrogens (tertiary/aromatic N) is 2. The summed E-state index contributed by atoms with van der Waals surface area (Å²) in [4.78, 5) is 0. The van der Waals surface area contributed by atoms with Gasteiger partial charge in [-0.15, -0.1) is 5.10 Å². The van der Waals surface area contributed by atoms with Crippen LogP contribution in [0.4, 0.5) is 17.6 Å². The standard InChI is InChI=1S/C10H10F4N4O/c1-19-6-2-5(4-17-18-9(15)16)8(11)7(3-6)10(12,13)14/h2-4H,1H3,(H4,15,16,18). The highest BCUT2D eigenvalue weighted by atomic mass is 19.4. The summed E-state index contributed by atoms with van der Waals surface area (Å²) in [6.07, 6.45) is -4.09. The maximum Gasteiger partial charge on any atom is 0.419 e. The van der Waals surface area contributed by atoms with E-state index in [0.717, 1.165) is 19.4 Å². The van der Waals surface area contributed by atoms with Gasteiger partial charge in [0.05, 0.1) is 18.9 Å². The van der Waals surface area contributed by atoms with Crippen molar-refractivity contribution in [2.75, 3.05) is 7.11 Å². The molecule has 0 spiro atoms. The van der Waals surface area contributed by atoms with E-state index in [1.165, 1.54) is 0 Å². The van der Waals surface area contributed by atoms with E-state index in [9.17, 15) is 17.6 Å². The first-order valence-electron chi connectivity index (χ1n) is 4.82. The van der Waals surface area contributed by atoms with Gasteiger partial charge < -0.3 is 16.2 Å². The van der Waals surface area contributed by atoms with E-state index < -0.39 is 29.1 Å². The van der Waals surface area contributed by atoms with Crippen LogP contribution in [0.2, 0.25) is 0 Å². The Kier molecular flexibility index (Phi) is 4.30. The van der Waals surface area contributed by atoms with Gasteiger partial charge in [-0.1, -0.05) is 0 Å². The molecule has 0 radical (unpaired) electrons. The van der Waals surface area contributed by atoms with Crippen molar-refractivity contribution in [2.45, 2.75) is 6.18 Å². The second kappa shape index (κ2) is 5.55. The Bertz CT molecular complexity index is 521. The van der Waals surface area contributed by atoms with Crippen molar-refractivity contribution in [2.24, 2.45) is 21.7 Å². The summed E-state index contributed by atoms with van der Waals surface area (Å²) in [6, 6.07) is 1.59. The topological polar surface area (TPSA) is 86.0 Å². The van der Waals surface area contributed by atoms with Crippen molar-refractivity contribution in [3.8, 4) is 5.75 Å². The van der Waals surface area contributed by atoms with Gasteiger partial charge in [-0.3, -0.25) is 0 Å². The maximum absolute atomic E-state index is 13.6. The molecule has 0 heterocycles. The second-order valence-corrected chi connectivity index (χ2v) is 3.35. The van der Waals surface area contributed by atoms with Gasteiger partial charge in [0.25, 0.3) is 0 Å². The third-order valence-corrected chi connectivity index (χ3v) is 1.99. The quantitative estimate of drug-likeness (QED) is 0.380. The number of methoxy groups -OCH3 is 1. The molecule has 9 heteroatoms. The van der Waals surface area contributed by atoms with E-state index in [4.69, 9.17) is 11.5 Å². The molecule has 1 aromatic carbocycles. The molecule has 0 unspecified atom stereocenters. The number of nitrogens with two attached hydrogens (primary N) is 2. The van der Waals surface area contributed by atoms with Crippen LogP contribution in [0.15, 0.2) is 22.3 Å². The Morgan fingerprint density at radius 2 is 1.95 bits per heavy atom. The lowest BCUT2D eigenvalue weighted by Crippen LogP contribution is -2.21. The highest BCUT2D eigenvalue weighted by molar-refractivity contribution is 5.82. The summed E-state index contributed by atoms with van der Waals surface area (Å²) in [7, 11) is 1.16. The van der Waals surface area contributed by atoms with E-state index in [0.29, 0.717) is 6.07 Å². The van der Waals surface area contributed by atoms with E-state index in [1.54, 1.807) is 0 Å². The summed E-state index contributed by atoms with van der Waals surface area (Å²) in [5.74, 6) is -2.06. The Labute approximate surface area is 105 Å².